The minimum absolute atomic E-state index is 0.00189. The monoisotopic (exact) mass is 532 g/mol. The molecule has 0 saturated carbocycles. The van der Waals surface area contributed by atoms with E-state index >= 15 is 0 Å². The van der Waals surface area contributed by atoms with E-state index in [0.717, 1.165) is 5.56 Å². The molecular formula is C24H24ClF3N8O. The van der Waals surface area contributed by atoms with E-state index in [1.165, 1.54) is 18.5 Å². The van der Waals surface area contributed by atoms with Crippen molar-refractivity contribution < 1.29 is 18.3 Å². The predicted octanol–water partition coefficient (Wildman–Crippen LogP) is 3.24. The number of alkyl halides is 2. The maximum atomic E-state index is 14.2. The van der Waals surface area contributed by atoms with E-state index in [0.29, 0.717) is 41.1 Å². The Morgan fingerprint density at radius 3 is 2.73 bits per heavy atom. The fourth-order valence-electron chi connectivity index (χ4n) is 4.72. The minimum atomic E-state index is -2.97. The second-order valence-corrected chi connectivity index (χ2v) is 9.58. The molecule has 194 valence electrons. The van der Waals surface area contributed by atoms with Crippen LogP contribution in [0.25, 0.3) is 22.4 Å². The van der Waals surface area contributed by atoms with Crippen LogP contribution in [0, 0.1) is 5.82 Å². The van der Waals surface area contributed by atoms with Gasteiger partial charge in [0.25, 0.3) is 6.43 Å². The molecule has 0 amide bonds. The van der Waals surface area contributed by atoms with Crippen LogP contribution in [0.5, 0.6) is 0 Å². The molecule has 4 heterocycles. The van der Waals surface area contributed by atoms with Crippen molar-refractivity contribution in [3.63, 3.8) is 0 Å². The molecule has 1 fully saturated rings. The standard InChI is InChI=1S/C24H24ClF3N8O/c25-15-3-2-13(6-16(15)26)17-7-14(9-36-12-34-19-22(29)32-11-33-23(19)36)18(8-31-17)35-5-1-4-24(30,10-35)20(37)21(27)28/h2-3,6-8,11-12,20-21,37H,1,4-5,9-10,30H2,(H2,29,32,33)/t20-,24-/m1/s1. The molecule has 13 heteroatoms. The minimum Gasteiger partial charge on any atom is -0.385 e. The second-order valence-electron chi connectivity index (χ2n) is 9.17. The lowest BCUT2D eigenvalue weighted by Gasteiger charge is -2.44. The molecule has 9 nitrogen and oxygen atoms in total. The average Bonchev–Trinajstić information content (AvgIpc) is 3.29. The normalized spacial score (nSPS) is 19.1. The summed E-state index contributed by atoms with van der Waals surface area (Å²) in [6, 6.07) is 6.18. The molecule has 1 aliphatic rings. The first-order chi connectivity index (χ1) is 17.7. The maximum absolute atomic E-state index is 14.2. The number of anilines is 2. The van der Waals surface area contributed by atoms with Crippen molar-refractivity contribution in [3.05, 3.63) is 59.5 Å². The molecule has 0 bridgehead atoms. The highest BCUT2D eigenvalue weighted by Crippen LogP contribution is 2.33. The molecule has 5 rings (SSSR count). The van der Waals surface area contributed by atoms with Gasteiger partial charge in [-0.15, -0.1) is 0 Å². The van der Waals surface area contributed by atoms with E-state index in [-0.39, 0.29) is 30.4 Å². The molecule has 1 saturated heterocycles. The highest BCUT2D eigenvalue weighted by atomic mass is 35.5. The summed E-state index contributed by atoms with van der Waals surface area (Å²) < 4.78 is 42.7. The number of hydrogen-bond donors (Lipinski definition) is 3. The summed E-state index contributed by atoms with van der Waals surface area (Å²) in [5.41, 5.74) is 14.0. The summed E-state index contributed by atoms with van der Waals surface area (Å²) >= 11 is 5.84. The third kappa shape index (κ3) is 4.79. The summed E-state index contributed by atoms with van der Waals surface area (Å²) in [5, 5.41) is 10.1. The van der Waals surface area contributed by atoms with Gasteiger partial charge in [-0.3, -0.25) is 4.98 Å². The number of nitrogens with zero attached hydrogens (tertiary/aromatic N) is 6. The Hall–Kier alpha value is -3.48. The molecule has 3 aromatic heterocycles. The van der Waals surface area contributed by atoms with Gasteiger partial charge in [0.15, 0.2) is 11.5 Å². The van der Waals surface area contributed by atoms with Gasteiger partial charge in [0.05, 0.1) is 41.0 Å². The Kier molecular flexibility index (Phi) is 6.65. The first-order valence-electron chi connectivity index (χ1n) is 11.5. The number of halogens is 4. The first-order valence-corrected chi connectivity index (χ1v) is 11.9. The van der Waals surface area contributed by atoms with E-state index in [1.807, 2.05) is 4.90 Å². The Balaban J connectivity index is 1.58. The van der Waals surface area contributed by atoms with Crippen molar-refractivity contribution in [2.24, 2.45) is 5.73 Å². The van der Waals surface area contributed by atoms with Crippen LogP contribution in [0.15, 0.2) is 43.1 Å². The van der Waals surface area contributed by atoms with Gasteiger partial charge < -0.3 is 26.0 Å². The Labute approximate surface area is 214 Å². The summed E-state index contributed by atoms with van der Waals surface area (Å²) in [7, 11) is 0. The number of aliphatic hydroxyl groups excluding tert-OH is 1. The topological polar surface area (TPSA) is 132 Å². The second kappa shape index (κ2) is 9.77. The Morgan fingerprint density at radius 2 is 1.97 bits per heavy atom. The highest BCUT2D eigenvalue weighted by Gasteiger charge is 2.43. The number of aliphatic hydroxyl groups is 1. The molecule has 4 aromatic rings. The average molecular weight is 533 g/mol. The molecule has 0 radical (unpaired) electrons. The molecule has 2 atom stereocenters. The number of piperidine rings is 1. The van der Waals surface area contributed by atoms with Crippen molar-refractivity contribution >= 4 is 34.3 Å². The summed E-state index contributed by atoms with van der Waals surface area (Å²) in [4.78, 5) is 18.9. The first kappa shape index (κ1) is 25.2. The number of nitrogens with two attached hydrogens (primary N) is 2. The molecular weight excluding hydrogens is 509 g/mol. The Bertz CT molecular complexity index is 1450. The van der Waals surface area contributed by atoms with Gasteiger partial charge in [0.1, 0.15) is 23.8 Å². The number of hydrogen-bond acceptors (Lipinski definition) is 8. The number of pyridine rings is 1. The van der Waals surface area contributed by atoms with Crippen molar-refractivity contribution in [2.45, 2.75) is 37.5 Å². The lowest BCUT2D eigenvalue weighted by atomic mass is 9.84. The quantitative estimate of drug-likeness (QED) is 0.345. The highest BCUT2D eigenvalue weighted by molar-refractivity contribution is 6.30. The van der Waals surface area contributed by atoms with Crippen LogP contribution in [0.3, 0.4) is 0 Å². The molecule has 1 aliphatic heterocycles. The van der Waals surface area contributed by atoms with Crippen molar-refractivity contribution in [1.29, 1.82) is 0 Å². The van der Waals surface area contributed by atoms with Crippen LogP contribution in [0.1, 0.15) is 18.4 Å². The molecule has 0 aliphatic carbocycles. The van der Waals surface area contributed by atoms with Crippen molar-refractivity contribution in [2.75, 3.05) is 23.7 Å². The van der Waals surface area contributed by atoms with Gasteiger partial charge in [-0.2, -0.15) is 0 Å². The van der Waals surface area contributed by atoms with Gasteiger partial charge >= 0.3 is 0 Å². The van der Waals surface area contributed by atoms with Gasteiger partial charge in [-0.05, 0) is 36.6 Å². The summed E-state index contributed by atoms with van der Waals surface area (Å²) in [5.74, 6) is -0.342. The van der Waals surface area contributed by atoms with Crippen LogP contribution in [0.4, 0.5) is 24.7 Å². The van der Waals surface area contributed by atoms with Crippen LogP contribution in [0.2, 0.25) is 5.02 Å². The van der Waals surface area contributed by atoms with Crippen molar-refractivity contribution in [3.8, 4) is 11.3 Å². The lowest BCUT2D eigenvalue weighted by Crippen LogP contribution is -2.63. The van der Waals surface area contributed by atoms with Gasteiger partial charge in [0.2, 0.25) is 0 Å². The van der Waals surface area contributed by atoms with E-state index in [9.17, 15) is 18.3 Å². The number of imidazole rings is 1. The largest absolute Gasteiger partial charge is 0.385 e. The SMILES string of the molecule is Nc1ncnc2c1ncn2Cc1cc(-c2ccc(Cl)c(F)c2)ncc1N1CCC[C@](N)([C@H](O)C(F)F)C1. The number of aromatic nitrogens is 5. The Morgan fingerprint density at radius 1 is 1.16 bits per heavy atom. The number of nitrogen functional groups attached to an aromatic ring is 1. The van der Waals surface area contributed by atoms with E-state index in [4.69, 9.17) is 23.1 Å². The molecule has 5 N–H and O–H groups in total. The summed E-state index contributed by atoms with van der Waals surface area (Å²) in [6.07, 6.45) is 0.326. The number of benzene rings is 1. The van der Waals surface area contributed by atoms with E-state index in [2.05, 4.69) is 19.9 Å². The fraction of sp³-hybridized carbons (Fsp3) is 0.333. The van der Waals surface area contributed by atoms with Crippen molar-refractivity contribution in [1.82, 2.24) is 24.5 Å². The number of rotatable bonds is 6. The zero-order valence-electron chi connectivity index (χ0n) is 19.5. The molecule has 37 heavy (non-hydrogen) atoms. The number of fused-ring (bicyclic) bond motifs is 1. The zero-order chi connectivity index (χ0) is 26.3. The van der Waals surface area contributed by atoms with E-state index < -0.39 is 23.9 Å². The van der Waals surface area contributed by atoms with Gasteiger partial charge in [-0.25, -0.2) is 28.1 Å². The molecule has 0 spiro atoms. The summed E-state index contributed by atoms with van der Waals surface area (Å²) in [6.45, 7) is 0.791. The predicted molar refractivity (Wildman–Crippen MR) is 134 cm³/mol. The maximum Gasteiger partial charge on any atom is 0.265 e. The lowest BCUT2D eigenvalue weighted by molar-refractivity contribution is -0.0529. The third-order valence-corrected chi connectivity index (χ3v) is 6.98. The zero-order valence-corrected chi connectivity index (χ0v) is 20.3. The van der Waals surface area contributed by atoms with Gasteiger partial charge in [-0.1, -0.05) is 17.7 Å². The third-order valence-electron chi connectivity index (χ3n) is 6.68. The van der Waals surface area contributed by atoms with Crippen LogP contribution in [-0.2, 0) is 6.54 Å². The molecule has 1 aromatic carbocycles. The van der Waals surface area contributed by atoms with Crippen LogP contribution >= 0.6 is 11.6 Å². The smallest absolute Gasteiger partial charge is 0.265 e. The van der Waals surface area contributed by atoms with E-state index in [1.54, 1.807) is 29.2 Å². The van der Waals surface area contributed by atoms with Gasteiger partial charge in [0, 0.05) is 18.7 Å². The van der Waals surface area contributed by atoms with Crippen LogP contribution < -0.4 is 16.4 Å². The fourth-order valence-corrected chi connectivity index (χ4v) is 4.84. The molecule has 0 unspecified atom stereocenters. The van der Waals surface area contributed by atoms with Crippen LogP contribution in [-0.4, -0.2) is 60.8 Å².